The summed E-state index contributed by atoms with van der Waals surface area (Å²) < 4.78 is 33.8. The van der Waals surface area contributed by atoms with Crippen LogP contribution in [0.15, 0.2) is 148 Å². The van der Waals surface area contributed by atoms with Gasteiger partial charge in [-0.05, 0) is 111 Å². The van der Waals surface area contributed by atoms with Crippen molar-refractivity contribution in [2.45, 2.75) is 64.5 Å². The average molecular weight is 947 g/mol. The molecule has 2 fully saturated rings. The Morgan fingerprint density at radius 1 is 0.643 bits per heavy atom. The zero-order chi connectivity index (χ0) is 48.8. The Morgan fingerprint density at radius 3 is 1.64 bits per heavy atom. The number of methoxy groups -OCH3 is 1. The summed E-state index contributed by atoms with van der Waals surface area (Å²) in [5.41, 5.74) is 5.89. The molecular weight excluding hydrogens is 889 g/mol. The number of aliphatic carboxylic acids is 1. The predicted molar refractivity (Wildman–Crippen MR) is 263 cm³/mol. The van der Waals surface area contributed by atoms with Crippen LogP contribution in [-0.2, 0) is 40.0 Å². The molecule has 0 saturated carbocycles. The molecule has 362 valence electrons. The van der Waals surface area contributed by atoms with E-state index >= 15 is 0 Å². The van der Waals surface area contributed by atoms with Crippen molar-refractivity contribution in [3.05, 3.63) is 174 Å². The number of benzene rings is 5. The first-order valence-corrected chi connectivity index (χ1v) is 23.6. The van der Waals surface area contributed by atoms with Gasteiger partial charge in [0.15, 0.2) is 0 Å². The molecule has 0 bridgehead atoms. The molecule has 1 amide bonds. The summed E-state index contributed by atoms with van der Waals surface area (Å²) in [6, 6.07) is 44.3. The smallest absolute Gasteiger partial charge is 0.415 e. The lowest BCUT2D eigenvalue weighted by Gasteiger charge is -2.24. The van der Waals surface area contributed by atoms with Gasteiger partial charge in [-0.2, -0.15) is 0 Å². The number of hydrogen-bond donors (Lipinski definition) is 2. The highest BCUT2D eigenvalue weighted by Gasteiger charge is 2.40. The molecule has 4 atom stereocenters. The monoisotopic (exact) mass is 946 g/mol. The fraction of sp³-hybridized carbons (Fsp3) is 0.304. The number of ether oxygens (including phenoxy) is 4. The number of carboxylic acid groups (broad SMARTS) is 1. The van der Waals surface area contributed by atoms with Gasteiger partial charge in [-0.1, -0.05) is 78.9 Å². The summed E-state index contributed by atoms with van der Waals surface area (Å²) >= 11 is 0. The Hall–Kier alpha value is -7.71. The van der Waals surface area contributed by atoms with Crippen molar-refractivity contribution in [2.24, 2.45) is 11.8 Å². The molecule has 2 aliphatic heterocycles. The zero-order valence-corrected chi connectivity index (χ0v) is 39.6. The Bertz CT molecular complexity index is 2780. The molecule has 14 nitrogen and oxygen atoms in total. The second-order valence-corrected chi connectivity index (χ2v) is 17.5. The van der Waals surface area contributed by atoms with Crippen LogP contribution in [0, 0.1) is 25.7 Å². The minimum Gasteiger partial charge on any atom is -0.493 e. The first kappa shape index (κ1) is 48.7. The third-order valence-electron chi connectivity index (χ3n) is 12.5. The largest absolute Gasteiger partial charge is 0.493 e. The van der Waals surface area contributed by atoms with E-state index < -0.39 is 18.0 Å². The summed E-state index contributed by atoms with van der Waals surface area (Å²) in [4.78, 5) is 47.0. The summed E-state index contributed by atoms with van der Waals surface area (Å²) in [5, 5.41) is 13.0. The molecule has 0 radical (unpaired) electrons. The maximum atomic E-state index is 12.9. The van der Waals surface area contributed by atoms with Crippen LogP contribution in [0.2, 0.25) is 0 Å². The van der Waals surface area contributed by atoms with E-state index in [-0.39, 0.29) is 24.5 Å². The molecule has 14 heteroatoms. The van der Waals surface area contributed by atoms with Gasteiger partial charge in [0.2, 0.25) is 11.8 Å². The van der Waals surface area contributed by atoms with Crippen LogP contribution in [0.4, 0.5) is 4.79 Å². The summed E-state index contributed by atoms with van der Waals surface area (Å²) in [5.74, 6) is 3.14. The van der Waals surface area contributed by atoms with Gasteiger partial charge in [0.05, 0.1) is 43.5 Å². The highest BCUT2D eigenvalue weighted by Crippen LogP contribution is 2.29. The standard InChI is InChI=1S/C31H30N2O6.C25H28N2O4/c1-21-28(32-29(38-21)23-8-4-2-5-9-23)16-17-37-26-14-12-22(13-15-26)18-25-19-24(30(34)35)20-33(25)31(36)39-27-10-6-3-7-11-27;1-17-23(27-24(31-17)19-6-4-3-5-7-19)12-13-30-22-10-8-18(9-11-22)14-21-15-20(16-26-21)25(28)29-2/h2-15,24-25H,16-20H2,1H3,(H,34,35);3-11,20-21,26H,12-16H2,1-2H3/t24-,25+;20-,21+/m00/s1. The number of carbonyl (C=O) groups is 3. The van der Waals surface area contributed by atoms with Gasteiger partial charge in [-0.15, -0.1) is 0 Å². The number of likely N-dealkylation sites (tertiary alicyclic amines) is 1. The van der Waals surface area contributed by atoms with Gasteiger partial charge in [0.1, 0.15) is 28.8 Å². The molecule has 2 aliphatic rings. The number of rotatable bonds is 17. The topological polar surface area (TPSA) is 176 Å². The second kappa shape index (κ2) is 23.5. The highest BCUT2D eigenvalue weighted by molar-refractivity contribution is 5.76. The molecular formula is C56H58N4O10. The molecule has 2 saturated heterocycles. The van der Waals surface area contributed by atoms with Gasteiger partial charge >= 0.3 is 18.0 Å². The van der Waals surface area contributed by atoms with Crippen molar-refractivity contribution in [3.63, 3.8) is 0 Å². The average Bonchev–Trinajstić information content (AvgIpc) is 4.20. The van der Waals surface area contributed by atoms with E-state index in [0.29, 0.717) is 69.0 Å². The molecule has 2 N–H and O–H groups in total. The molecule has 4 heterocycles. The number of amides is 1. The maximum Gasteiger partial charge on any atom is 0.415 e. The minimum absolute atomic E-state index is 0.0417. The molecule has 0 unspecified atom stereocenters. The third-order valence-corrected chi connectivity index (χ3v) is 12.5. The number of hydrogen-bond acceptors (Lipinski definition) is 12. The predicted octanol–water partition coefficient (Wildman–Crippen LogP) is 9.75. The van der Waals surface area contributed by atoms with Gasteiger partial charge in [-0.3, -0.25) is 9.59 Å². The highest BCUT2D eigenvalue weighted by atomic mass is 16.6. The lowest BCUT2D eigenvalue weighted by molar-refractivity contribution is -0.145. The number of aromatic nitrogens is 2. The van der Waals surface area contributed by atoms with Crippen molar-refractivity contribution in [2.75, 3.05) is 33.4 Å². The number of para-hydroxylation sites is 1. The summed E-state index contributed by atoms with van der Waals surface area (Å²) in [6.07, 6.45) is 3.36. The van der Waals surface area contributed by atoms with Crippen LogP contribution < -0.4 is 19.5 Å². The van der Waals surface area contributed by atoms with Crippen molar-refractivity contribution in [1.29, 1.82) is 0 Å². The number of nitrogens with one attached hydrogen (secondary N) is 1. The van der Waals surface area contributed by atoms with Crippen LogP contribution in [-0.4, -0.2) is 83.5 Å². The third kappa shape index (κ3) is 13.1. The Kier molecular flexibility index (Phi) is 16.4. The first-order chi connectivity index (χ1) is 34.1. The van der Waals surface area contributed by atoms with Crippen LogP contribution >= 0.6 is 0 Å². The van der Waals surface area contributed by atoms with Crippen LogP contribution in [0.25, 0.3) is 22.9 Å². The Morgan fingerprint density at radius 2 is 1.14 bits per heavy atom. The molecule has 70 heavy (non-hydrogen) atoms. The molecule has 5 aromatic carbocycles. The number of aryl methyl sites for hydroxylation is 2. The Balaban J connectivity index is 0.000000193. The van der Waals surface area contributed by atoms with E-state index in [1.54, 1.807) is 24.3 Å². The molecule has 2 aromatic heterocycles. The van der Waals surface area contributed by atoms with Crippen LogP contribution in [0.1, 0.15) is 46.9 Å². The van der Waals surface area contributed by atoms with E-state index in [1.165, 1.54) is 17.6 Å². The van der Waals surface area contributed by atoms with Gasteiger partial charge in [-0.25, -0.2) is 14.8 Å². The fourth-order valence-corrected chi connectivity index (χ4v) is 8.74. The first-order valence-electron chi connectivity index (χ1n) is 23.6. The fourth-order valence-electron chi connectivity index (χ4n) is 8.74. The minimum atomic E-state index is -0.906. The SMILES string of the molecule is COC(=O)[C@@H]1CN[C@H](Cc2ccc(OCCc3nc(-c4ccccc4)oc3C)cc2)C1.Cc1oc(-c2ccccc2)nc1CCOc1ccc(C[C@@H]2C[C@H](C(=O)O)CN2C(=O)Oc2ccccc2)cc1. The lowest BCUT2D eigenvalue weighted by atomic mass is 10.00. The number of esters is 1. The maximum absolute atomic E-state index is 12.9. The molecule has 0 spiro atoms. The van der Waals surface area contributed by atoms with Crippen molar-refractivity contribution < 1.29 is 47.3 Å². The van der Waals surface area contributed by atoms with E-state index in [2.05, 4.69) is 27.4 Å². The normalized spacial score (nSPS) is 17.3. The Labute approximate surface area is 407 Å². The van der Waals surface area contributed by atoms with E-state index in [9.17, 15) is 19.5 Å². The quantitative estimate of drug-likeness (QED) is 0.0826. The van der Waals surface area contributed by atoms with Gasteiger partial charge in [0.25, 0.3) is 0 Å². The van der Waals surface area contributed by atoms with E-state index in [0.717, 1.165) is 63.9 Å². The van der Waals surface area contributed by atoms with Crippen molar-refractivity contribution in [1.82, 2.24) is 20.2 Å². The van der Waals surface area contributed by atoms with E-state index in [4.69, 9.17) is 27.8 Å². The van der Waals surface area contributed by atoms with Crippen molar-refractivity contribution in [3.8, 4) is 40.2 Å². The molecule has 0 aliphatic carbocycles. The number of oxazole rings is 2. The van der Waals surface area contributed by atoms with Crippen molar-refractivity contribution >= 4 is 18.0 Å². The zero-order valence-electron chi connectivity index (χ0n) is 39.6. The number of carboxylic acids is 1. The number of nitrogens with zero attached hydrogens (tertiary/aromatic N) is 3. The van der Waals surface area contributed by atoms with Gasteiger partial charge in [0, 0.05) is 49.1 Å². The lowest BCUT2D eigenvalue weighted by Crippen LogP contribution is -2.39. The van der Waals surface area contributed by atoms with Gasteiger partial charge < -0.3 is 43.1 Å². The molecule has 7 aromatic rings. The molecule has 9 rings (SSSR count). The summed E-state index contributed by atoms with van der Waals surface area (Å²) in [6.45, 7) is 5.63. The second-order valence-electron chi connectivity index (χ2n) is 17.5. The number of carbonyl (C=O) groups excluding carboxylic acids is 2. The van der Waals surface area contributed by atoms with Crippen LogP contribution in [0.3, 0.4) is 0 Å². The summed E-state index contributed by atoms with van der Waals surface area (Å²) in [7, 11) is 1.44. The van der Waals surface area contributed by atoms with E-state index in [1.807, 2.05) is 117 Å². The van der Waals surface area contributed by atoms with Crippen LogP contribution in [0.5, 0.6) is 17.2 Å².